The monoisotopic (exact) mass is 254 g/mol. The minimum absolute atomic E-state index is 0.105. The lowest BCUT2D eigenvalue weighted by molar-refractivity contribution is 0.407. The van der Waals surface area contributed by atoms with E-state index in [2.05, 4.69) is 39.8 Å². The van der Waals surface area contributed by atoms with E-state index >= 15 is 0 Å². The third kappa shape index (κ3) is 3.16. The number of methoxy groups -OCH3 is 1. The lowest BCUT2D eigenvalue weighted by atomic mass is 9.92. The third-order valence-corrected chi connectivity index (χ3v) is 4.08. The number of aryl methyl sites for hydroxylation is 2. The molecule has 1 aromatic carbocycles. The minimum atomic E-state index is 0.105. The first kappa shape index (κ1) is 14.4. The van der Waals surface area contributed by atoms with Crippen molar-refractivity contribution in [2.45, 2.75) is 45.9 Å². The molecule has 0 aliphatic carbocycles. The van der Waals surface area contributed by atoms with Gasteiger partial charge in [-0.15, -0.1) is 11.6 Å². The molecule has 0 heterocycles. The zero-order valence-electron chi connectivity index (χ0n) is 11.5. The summed E-state index contributed by atoms with van der Waals surface area (Å²) in [6.45, 7) is 8.55. The van der Waals surface area contributed by atoms with E-state index in [1.165, 1.54) is 16.7 Å². The van der Waals surface area contributed by atoms with Crippen LogP contribution in [0.15, 0.2) is 12.1 Å². The fraction of sp³-hybridized carbons (Fsp3) is 0.600. The summed E-state index contributed by atoms with van der Waals surface area (Å²) < 4.78 is 5.38. The van der Waals surface area contributed by atoms with Crippen molar-refractivity contribution in [2.24, 2.45) is 5.92 Å². The molecule has 96 valence electrons. The molecule has 0 fully saturated rings. The van der Waals surface area contributed by atoms with E-state index in [0.29, 0.717) is 5.92 Å². The number of ether oxygens (including phenoxy) is 1. The van der Waals surface area contributed by atoms with Crippen molar-refractivity contribution >= 4 is 11.6 Å². The highest BCUT2D eigenvalue weighted by molar-refractivity contribution is 6.21. The van der Waals surface area contributed by atoms with Gasteiger partial charge in [0.05, 0.1) is 12.5 Å². The second-order valence-corrected chi connectivity index (χ2v) is 5.14. The second-order valence-electron chi connectivity index (χ2n) is 4.67. The van der Waals surface area contributed by atoms with Crippen LogP contribution < -0.4 is 4.74 Å². The van der Waals surface area contributed by atoms with E-state index in [1.807, 2.05) is 0 Å². The lowest BCUT2D eigenvalue weighted by Gasteiger charge is -2.21. The molecule has 0 saturated carbocycles. The van der Waals surface area contributed by atoms with Gasteiger partial charge in [-0.3, -0.25) is 0 Å². The average molecular weight is 255 g/mol. The van der Waals surface area contributed by atoms with E-state index in [4.69, 9.17) is 16.3 Å². The highest BCUT2D eigenvalue weighted by atomic mass is 35.5. The van der Waals surface area contributed by atoms with Crippen LogP contribution in [0.3, 0.4) is 0 Å². The highest BCUT2D eigenvalue weighted by Gasteiger charge is 2.19. The Bertz CT molecular complexity index is 346. The first-order chi connectivity index (χ1) is 8.04. The molecular weight excluding hydrogens is 232 g/mol. The second kappa shape index (κ2) is 6.30. The Hall–Kier alpha value is -0.690. The summed E-state index contributed by atoms with van der Waals surface area (Å²) in [4.78, 5) is 0. The quantitative estimate of drug-likeness (QED) is 0.670. The van der Waals surface area contributed by atoms with Crippen LogP contribution in [0.25, 0.3) is 0 Å². The Balaban J connectivity index is 3.07. The van der Waals surface area contributed by atoms with E-state index < -0.39 is 0 Å². The summed E-state index contributed by atoms with van der Waals surface area (Å²) in [7, 11) is 1.72. The first-order valence-corrected chi connectivity index (χ1v) is 6.77. The van der Waals surface area contributed by atoms with Crippen LogP contribution >= 0.6 is 11.6 Å². The summed E-state index contributed by atoms with van der Waals surface area (Å²) in [6.07, 6.45) is 2.24. The molecule has 17 heavy (non-hydrogen) atoms. The number of alkyl halides is 1. The van der Waals surface area contributed by atoms with Crippen LogP contribution in [0, 0.1) is 19.8 Å². The van der Waals surface area contributed by atoms with Gasteiger partial charge >= 0.3 is 0 Å². The van der Waals surface area contributed by atoms with E-state index in [-0.39, 0.29) is 5.38 Å². The molecule has 1 rings (SSSR count). The van der Waals surface area contributed by atoms with Gasteiger partial charge < -0.3 is 4.74 Å². The molecule has 0 amide bonds. The number of hydrogen-bond donors (Lipinski definition) is 0. The van der Waals surface area contributed by atoms with Gasteiger partial charge in [0.25, 0.3) is 0 Å². The Morgan fingerprint density at radius 1 is 1.12 bits per heavy atom. The van der Waals surface area contributed by atoms with Crippen LogP contribution in [-0.2, 0) is 0 Å². The summed E-state index contributed by atoms with van der Waals surface area (Å²) in [6, 6.07) is 4.31. The largest absolute Gasteiger partial charge is 0.496 e. The van der Waals surface area contributed by atoms with Gasteiger partial charge in [-0.05, 0) is 36.5 Å². The Morgan fingerprint density at radius 3 is 1.94 bits per heavy atom. The van der Waals surface area contributed by atoms with E-state index in [9.17, 15) is 0 Å². The maximum atomic E-state index is 6.57. The minimum Gasteiger partial charge on any atom is -0.496 e. The maximum Gasteiger partial charge on any atom is 0.124 e. The number of halogens is 1. The van der Waals surface area contributed by atoms with Crippen molar-refractivity contribution in [3.8, 4) is 5.75 Å². The van der Waals surface area contributed by atoms with Gasteiger partial charge in [-0.25, -0.2) is 0 Å². The summed E-state index contributed by atoms with van der Waals surface area (Å²) in [5.74, 6) is 1.52. The van der Waals surface area contributed by atoms with Crippen molar-refractivity contribution < 1.29 is 4.74 Å². The van der Waals surface area contributed by atoms with Crippen molar-refractivity contribution in [2.75, 3.05) is 7.11 Å². The van der Waals surface area contributed by atoms with Crippen molar-refractivity contribution in [3.05, 3.63) is 28.8 Å². The molecular formula is C15H23ClO. The van der Waals surface area contributed by atoms with E-state index in [1.54, 1.807) is 7.11 Å². The smallest absolute Gasteiger partial charge is 0.124 e. The molecule has 0 aromatic heterocycles. The fourth-order valence-electron chi connectivity index (χ4n) is 2.44. The molecule has 0 saturated heterocycles. The zero-order chi connectivity index (χ0) is 13.0. The van der Waals surface area contributed by atoms with Gasteiger partial charge in [0.2, 0.25) is 0 Å². The molecule has 1 aromatic rings. The number of rotatable bonds is 5. The van der Waals surface area contributed by atoms with Crippen LogP contribution in [0.2, 0.25) is 0 Å². The number of hydrogen-bond acceptors (Lipinski definition) is 1. The van der Waals surface area contributed by atoms with E-state index in [0.717, 1.165) is 18.6 Å². The van der Waals surface area contributed by atoms with Gasteiger partial charge in [0.15, 0.2) is 0 Å². The average Bonchev–Trinajstić information content (AvgIpc) is 2.30. The normalized spacial score (nSPS) is 12.9. The molecule has 0 N–H and O–H groups in total. The van der Waals surface area contributed by atoms with Gasteiger partial charge in [0.1, 0.15) is 5.75 Å². The molecule has 0 bridgehead atoms. The van der Waals surface area contributed by atoms with Crippen LogP contribution in [0.4, 0.5) is 0 Å². The summed E-state index contributed by atoms with van der Waals surface area (Å²) >= 11 is 6.57. The molecule has 1 nitrogen and oxygen atoms in total. The van der Waals surface area contributed by atoms with Gasteiger partial charge in [-0.1, -0.05) is 38.8 Å². The molecule has 0 aliphatic heterocycles. The topological polar surface area (TPSA) is 9.23 Å². The predicted octanol–water partition coefficient (Wildman–Crippen LogP) is 5.03. The van der Waals surface area contributed by atoms with Crippen molar-refractivity contribution in [3.63, 3.8) is 0 Å². The molecule has 0 radical (unpaired) electrons. The number of benzene rings is 1. The standard InChI is InChI=1S/C15H23ClO/c1-6-12(7-2)14(16)13-8-10(3)15(17-5)11(4)9-13/h8-9,12,14H,6-7H2,1-5H3. The van der Waals surface area contributed by atoms with Crippen molar-refractivity contribution in [1.29, 1.82) is 0 Å². The Labute approximate surface area is 110 Å². The molecule has 1 atom stereocenters. The summed E-state index contributed by atoms with van der Waals surface area (Å²) in [5, 5.41) is 0.105. The third-order valence-electron chi connectivity index (χ3n) is 3.47. The highest BCUT2D eigenvalue weighted by Crippen LogP contribution is 2.36. The molecule has 0 aliphatic rings. The summed E-state index contributed by atoms with van der Waals surface area (Å²) in [5.41, 5.74) is 3.55. The predicted molar refractivity (Wildman–Crippen MR) is 75.1 cm³/mol. The van der Waals surface area contributed by atoms with Gasteiger partial charge in [0, 0.05) is 0 Å². The Kier molecular flexibility index (Phi) is 5.32. The Morgan fingerprint density at radius 2 is 1.59 bits per heavy atom. The van der Waals surface area contributed by atoms with Gasteiger partial charge in [-0.2, -0.15) is 0 Å². The first-order valence-electron chi connectivity index (χ1n) is 6.34. The lowest BCUT2D eigenvalue weighted by Crippen LogP contribution is -2.07. The van der Waals surface area contributed by atoms with Crippen LogP contribution in [0.1, 0.15) is 48.8 Å². The SMILES string of the molecule is CCC(CC)C(Cl)c1cc(C)c(OC)c(C)c1. The van der Waals surface area contributed by atoms with Crippen molar-refractivity contribution in [1.82, 2.24) is 0 Å². The molecule has 0 spiro atoms. The maximum absolute atomic E-state index is 6.57. The van der Waals surface area contributed by atoms with Crippen LogP contribution in [0.5, 0.6) is 5.75 Å². The fourth-order valence-corrected chi connectivity index (χ4v) is 2.92. The van der Waals surface area contributed by atoms with Crippen LogP contribution in [-0.4, -0.2) is 7.11 Å². The zero-order valence-corrected chi connectivity index (χ0v) is 12.3. The molecule has 2 heteroatoms. The molecule has 1 unspecified atom stereocenters.